The fraction of sp³-hybridized carbons (Fsp3) is 0.333. The SMILES string of the molecule is CNC(=O)[C@@]1(Cc2ccc(-c3cccnc3)cc2)CCN(C[C@@H](C)c2ccccc2)C1. The molecular weight excluding hydrogens is 382 g/mol. The summed E-state index contributed by atoms with van der Waals surface area (Å²) in [7, 11) is 1.75. The number of hydrogen-bond acceptors (Lipinski definition) is 3. The number of likely N-dealkylation sites (tertiary alicyclic amines) is 1. The van der Waals surface area contributed by atoms with Gasteiger partial charge in [0.25, 0.3) is 0 Å². The highest BCUT2D eigenvalue weighted by Crippen LogP contribution is 2.36. The Morgan fingerprint density at radius 2 is 1.84 bits per heavy atom. The van der Waals surface area contributed by atoms with Crippen molar-refractivity contribution in [3.8, 4) is 11.1 Å². The van der Waals surface area contributed by atoms with E-state index in [1.54, 1.807) is 13.2 Å². The van der Waals surface area contributed by atoms with E-state index in [1.807, 2.05) is 12.3 Å². The van der Waals surface area contributed by atoms with Crippen LogP contribution in [0.4, 0.5) is 0 Å². The van der Waals surface area contributed by atoms with E-state index in [4.69, 9.17) is 0 Å². The molecule has 0 bridgehead atoms. The molecule has 2 heterocycles. The Balaban J connectivity index is 1.47. The molecule has 2 aromatic carbocycles. The number of pyridine rings is 1. The molecule has 0 unspecified atom stereocenters. The van der Waals surface area contributed by atoms with E-state index >= 15 is 0 Å². The fourth-order valence-corrected chi connectivity index (χ4v) is 4.80. The highest BCUT2D eigenvalue weighted by atomic mass is 16.2. The maximum absolute atomic E-state index is 13.0. The molecule has 4 rings (SSSR count). The largest absolute Gasteiger partial charge is 0.359 e. The van der Waals surface area contributed by atoms with Crippen LogP contribution < -0.4 is 5.32 Å². The maximum Gasteiger partial charge on any atom is 0.227 e. The molecule has 0 aliphatic carbocycles. The van der Waals surface area contributed by atoms with Crippen molar-refractivity contribution in [2.24, 2.45) is 5.41 Å². The molecule has 3 aromatic rings. The average Bonchev–Trinajstić information content (AvgIpc) is 3.23. The van der Waals surface area contributed by atoms with Crippen LogP contribution in [-0.2, 0) is 11.2 Å². The quantitative estimate of drug-likeness (QED) is 0.619. The predicted molar refractivity (Wildman–Crippen MR) is 126 cm³/mol. The normalized spacial score (nSPS) is 19.8. The van der Waals surface area contributed by atoms with Crippen molar-refractivity contribution >= 4 is 5.91 Å². The van der Waals surface area contributed by atoms with Gasteiger partial charge in [-0.05, 0) is 53.6 Å². The molecule has 4 heteroatoms. The molecule has 0 spiro atoms. The molecule has 0 saturated carbocycles. The summed E-state index contributed by atoms with van der Waals surface area (Å²) >= 11 is 0. The van der Waals surface area contributed by atoms with Crippen molar-refractivity contribution in [1.29, 1.82) is 0 Å². The zero-order valence-corrected chi connectivity index (χ0v) is 18.4. The lowest BCUT2D eigenvalue weighted by atomic mass is 9.79. The molecule has 160 valence electrons. The number of nitrogens with zero attached hydrogens (tertiary/aromatic N) is 2. The number of aromatic nitrogens is 1. The lowest BCUT2D eigenvalue weighted by Gasteiger charge is -2.29. The number of hydrogen-bond donors (Lipinski definition) is 1. The van der Waals surface area contributed by atoms with Crippen molar-refractivity contribution in [3.05, 3.63) is 90.3 Å². The number of nitrogens with one attached hydrogen (secondary N) is 1. The summed E-state index contributed by atoms with van der Waals surface area (Å²) in [6.07, 6.45) is 5.31. The number of carbonyl (C=O) groups is 1. The first-order chi connectivity index (χ1) is 15.1. The Labute approximate surface area is 185 Å². The van der Waals surface area contributed by atoms with E-state index in [9.17, 15) is 4.79 Å². The Bertz CT molecular complexity index is 988. The molecule has 1 saturated heterocycles. The van der Waals surface area contributed by atoms with Crippen molar-refractivity contribution in [2.75, 3.05) is 26.7 Å². The molecule has 0 radical (unpaired) electrons. The van der Waals surface area contributed by atoms with Crippen LogP contribution in [0.15, 0.2) is 79.1 Å². The van der Waals surface area contributed by atoms with Gasteiger partial charge in [0.2, 0.25) is 5.91 Å². The molecule has 31 heavy (non-hydrogen) atoms. The van der Waals surface area contributed by atoms with Gasteiger partial charge >= 0.3 is 0 Å². The summed E-state index contributed by atoms with van der Waals surface area (Å²) in [4.78, 5) is 19.6. The van der Waals surface area contributed by atoms with Gasteiger partial charge in [0.1, 0.15) is 0 Å². The van der Waals surface area contributed by atoms with Gasteiger partial charge in [0.05, 0.1) is 5.41 Å². The van der Waals surface area contributed by atoms with Crippen LogP contribution in [0.25, 0.3) is 11.1 Å². The molecule has 1 N–H and O–H groups in total. The highest BCUT2D eigenvalue weighted by molar-refractivity contribution is 5.83. The highest BCUT2D eigenvalue weighted by Gasteiger charge is 2.44. The summed E-state index contributed by atoms with van der Waals surface area (Å²) in [6.45, 7) is 5.00. The Kier molecular flexibility index (Phi) is 6.47. The number of amides is 1. The smallest absolute Gasteiger partial charge is 0.227 e. The zero-order chi connectivity index (χ0) is 21.7. The van der Waals surface area contributed by atoms with E-state index in [1.165, 1.54) is 11.1 Å². The van der Waals surface area contributed by atoms with Gasteiger partial charge in [-0.2, -0.15) is 0 Å². The molecule has 1 amide bonds. The van der Waals surface area contributed by atoms with Crippen LogP contribution >= 0.6 is 0 Å². The second kappa shape index (κ2) is 9.44. The monoisotopic (exact) mass is 413 g/mol. The lowest BCUT2D eigenvalue weighted by Crippen LogP contribution is -2.43. The van der Waals surface area contributed by atoms with Crippen LogP contribution in [0.5, 0.6) is 0 Å². The molecule has 4 nitrogen and oxygen atoms in total. The van der Waals surface area contributed by atoms with Crippen LogP contribution in [0.1, 0.15) is 30.4 Å². The predicted octanol–water partition coefficient (Wildman–Crippen LogP) is 4.53. The summed E-state index contributed by atoms with van der Waals surface area (Å²) in [6, 6.07) is 23.2. The summed E-state index contributed by atoms with van der Waals surface area (Å²) in [5.74, 6) is 0.596. The molecule has 2 atom stereocenters. The average molecular weight is 414 g/mol. The van der Waals surface area contributed by atoms with Gasteiger partial charge in [0, 0.05) is 32.5 Å². The van der Waals surface area contributed by atoms with E-state index in [-0.39, 0.29) is 11.3 Å². The minimum atomic E-state index is -0.374. The number of benzene rings is 2. The van der Waals surface area contributed by atoms with Gasteiger partial charge in [-0.25, -0.2) is 0 Å². The van der Waals surface area contributed by atoms with Crippen LogP contribution in [0, 0.1) is 5.41 Å². The van der Waals surface area contributed by atoms with Gasteiger partial charge in [-0.1, -0.05) is 67.6 Å². The van der Waals surface area contributed by atoms with E-state index in [2.05, 4.69) is 82.8 Å². The van der Waals surface area contributed by atoms with Crippen LogP contribution in [0.3, 0.4) is 0 Å². The first-order valence-electron chi connectivity index (χ1n) is 11.1. The number of carbonyl (C=O) groups excluding carboxylic acids is 1. The third kappa shape index (κ3) is 4.86. The lowest BCUT2D eigenvalue weighted by molar-refractivity contribution is -0.130. The molecular formula is C27H31N3O. The van der Waals surface area contributed by atoms with Gasteiger partial charge in [-0.15, -0.1) is 0 Å². The van der Waals surface area contributed by atoms with Crippen molar-refractivity contribution < 1.29 is 4.79 Å². The minimum absolute atomic E-state index is 0.152. The van der Waals surface area contributed by atoms with Crippen LogP contribution in [-0.4, -0.2) is 42.5 Å². The first-order valence-corrected chi connectivity index (χ1v) is 11.1. The topological polar surface area (TPSA) is 45.2 Å². The molecule has 1 fully saturated rings. The van der Waals surface area contributed by atoms with Crippen molar-refractivity contribution in [3.63, 3.8) is 0 Å². The van der Waals surface area contributed by atoms with Crippen molar-refractivity contribution in [2.45, 2.75) is 25.7 Å². The Hall–Kier alpha value is -2.98. The Morgan fingerprint density at radius 1 is 1.06 bits per heavy atom. The zero-order valence-electron chi connectivity index (χ0n) is 18.4. The van der Waals surface area contributed by atoms with E-state index < -0.39 is 0 Å². The van der Waals surface area contributed by atoms with Gasteiger partial charge < -0.3 is 10.2 Å². The second-order valence-electron chi connectivity index (χ2n) is 8.77. The number of rotatable bonds is 7. The summed E-state index contributed by atoms with van der Waals surface area (Å²) < 4.78 is 0. The third-order valence-electron chi connectivity index (χ3n) is 6.53. The standard InChI is InChI=1S/C27H31N3O/c1-21(23-7-4-3-5-8-23)19-30-16-14-27(20-30,26(31)28-2)17-22-10-12-24(13-11-22)25-9-6-15-29-18-25/h3-13,15,18,21H,14,16-17,19-20H2,1-2H3,(H,28,31)/t21-,27-/m1/s1. The maximum atomic E-state index is 13.0. The van der Waals surface area contributed by atoms with Gasteiger partial charge in [-0.3, -0.25) is 9.78 Å². The fourth-order valence-electron chi connectivity index (χ4n) is 4.80. The summed E-state index contributed by atoms with van der Waals surface area (Å²) in [5.41, 5.74) is 4.44. The van der Waals surface area contributed by atoms with Crippen LogP contribution in [0.2, 0.25) is 0 Å². The Morgan fingerprint density at radius 3 is 2.52 bits per heavy atom. The molecule has 1 aromatic heterocycles. The molecule has 1 aliphatic heterocycles. The summed E-state index contributed by atoms with van der Waals surface area (Å²) in [5, 5.41) is 2.94. The van der Waals surface area contributed by atoms with Crippen molar-refractivity contribution in [1.82, 2.24) is 15.2 Å². The first kappa shape index (κ1) is 21.3. The minimum Gasteiger partial charge on any atom is -0.359 e. The molecule has 1 aliphatic rings. The second-order valence-corrected chi connectivity index (χ2v) is 8.77. The third-order valence-corrected chi connectivity index (χ3v) is 6.53. The van der Waals surface area contributed by atoms with E-state index in [0.29, 0.717) is 5.92 Å². The van der Waals surface area contributed by atoms with E-state index in [0.717, 1.165) is 43.6 Å². The van der Waals surface area contributed by atoms with Gasteiger partial charge in [0.15, 0.2) is 0 Å².